The molecule has 0 atom stereocenters. The summed E-state index contributed by atoms with van der Waals surface area (Å²) in [5.41, 5.74) is 12.0. The second-order valence-electron chi connectivity index (χ2n) is 15.7. The third-order valence-corrected chi connectivity index (χ3v) is 12.2. The zero-order valence-electron chi connectivity index (χ0n) is 32.7. The van der Waals surface area contributed by atoms with Gasteiger partial charge in [-0.15, -0.1) is 0 Å². The highest BCUT2D eigenvalue weighted by Crippen LogP contribution is 2.47. The van der Waals surface area contributed by atoms with Crippen LogP contribution in [-0.4, -0.2) is 0 Å². The second-order valence-corrected chi connectivity index (χ2v) is 15.7. The molecule has 0 amide bonds. The minimum Gasteiger partial charge on any atom is -0.456 e. The van der Waals surface area contributed by atoms with Crippen LogP contribution >= 0.6 is 0 Å². The van der Waals surface area contributed by atoms with Gasteiger partial charge in [-0.05, 0) is 119 Å². The molecule has 0 radical (unpaired) electrons. The van der Waals surface area contributed by atoms with Gasteiger partial charge in [0, 0.05) is 16.6 Å². The lowest BCUT2D eigenvalue weighted by atomic mass is 9.95. The molecule has 0 aliphatic heterocycles. The summed E-state index contributed by atoms with van der Waals surface area (Å²) in [6.07, 6.45) is 0. The van der Waals surface area contributed by atoms with Gasteiger partial charge < -0.3 is 9.32 Å². The maximum Gasteiger partial charge on any atom is 0.137 e. The fourth-order valence-electron chi connectivity index (χ4n) is 9.32. The van der Waals surface area contributed by atoms with Gasteiger partial charge in [-0.25, -0.2) is 0 Å². The number of benzene rings is 11. The molecule has 2 heteroatoms. The van der Waals surface area contributed by atoms with Crippen molar-refractivity contribution in [2.75, 3.05) is 4.90 Å². The van der Waals surface area contributed by atoms with E-state index >= 15 is 0 Å². The van der Waals surface area contributed by atoms with Crippen LogP contribution in [-0.2, 0) is 0 Å². The van der Waals surface area contributed by atoms with Crippen molar-refractivity contribution in [3.8, 4) is 33.4 Å². The first-order valence-corrected chi connectivity index (χ1v) is 20.6. The Kier molecular flexibility index (Phi) is 7.89. The first-order valence-electron chi connectivity index (χ1n) is 20.6. The van der Waals surface area contributed by atoms with Crippen LogP contribution in [0.25, 0.3) is 98.4 Å². The Morgan fingerprint density at radius 1 is 0.283 bits per heavy atom. The van der Waals surface area contributed by atoms with Gasteiger partial charge in [-0.1, -0.05) is 176 Å². The van der Waals surface area contributed by atoms with Crippen molar-refractivity contribution in [2.24, 2.45) is 0 Å². The van der Waals surface area contributed by atoms with E-state index in [0.717, 1.165) is 55.7 Å². The smallest absolute Gasteiger partial charge is 0.137 e. The number of furan rings is 1. The lowest BCUT2D eigenvalue weighted by Gasteiger charge is -2.29. The third kappa shape index (κ3) is 5.65. The molecule has 0 aliphatic carbocycles. The summed E-state index contributed by atoms with van der Waals surface area (Å²) < 4.78 is 6.47. The standard InChI is InChI=1S/C58H37NO/c1-3-15-48-39(11-1)27-29-45-35-43(31-33-50(45)48)38-23-25-41(26-24-38)52-17-5-7-19-54(52)59(55-20-10-22-57-58(55)53-18-6-8-21-56(53)60-57)47-14-9-13-42(37-47)44-32-34-51-46(36-44)30-28-40-12-2-4-16-49(40)51/h1-37H. The summed E-state index contributed by atoms with van der Waals surface area (Å²) in [6, 6.07) is 81.4. The maximum absolute atomic E-state index is 6.47. The normalized spacial score (nSPS) is 11.7. The van der Waals surface area contributed by atoms with Gasteiger partial charge in [0.05, 0.1) is 16.8 Å². The molecule has 1 heterocycles. The van der Waals surface area contributed by atoms with Crippen LogP contribution in [0.4, 0.5) is 17.1 Å². The Morgan fingerprint density at radius 2 is 0.783 bits per heavy atom. The molecule has 0 bridgehead atoms. The molecule has 0 N–H and O–H groups in total. The van der Waals surface area contributed by atoms with Crippen molar-refractivity contribution in [1.82, 2.24) is 0 Å². The topological polar surface area (TPSA) is 16.4 Å². The highest BCUT2D eigenvalue weighted by molar-refractivity contribution is 6.14. The first kappa shape index (κ1) is 34.1. The molecule has 0 fully saturated rings. The zero-order chi connectivity index (χ0) is 39.6. The molecular formula is C58H37NO. The lowest BCUT2D eigenvalue weighted by molar-refractivity contribution is 0.669. The van der Waals surface area contributed by atoms with Gasteiger partial charge in [0.25, 0.3) is 0 Å². The van der Waals surface area contributed by atoms with Gasteiger partial charge in [-0.2, -0.15) is 0 Å². The Balaban J connectivity index is 0.997. The monoisotopic (exact) mass is 763 g/mol. The fourth-order valence-corrected chi connectivity index (χ4v) is 9.32. The largest absolute Gasteiger partial charge is 0.456 e. The molecule has 60 heavy (non-hydrogen) atoms. The highest BCUT2D eigenvalue weighted by Gasteiger charge is 2.22. The first-order chi connectivity index (χ1) is 29.7. The van der Waals surface area contributed by atoms with E-state index in [4.69, 9.17) is 4.42 Å². The van der Waals surface area contributed by atoms with E-state index in [9.17, 15) is 0 Å². The van der Waals surface area contributed by atoms with Gasteiger partial charge in [0.1, 0.15) is 11.2 Å². The van der Waals surface area contributed by atoms with E-state index in [-0.39, 0.29) is 0 Å². The van der Waals surface area contributed by atoms with Crippen LogP contribution in [0.1, 0.15) is 0 Å². The predicted molar refractivity (Wildman–Crippen MR) is 255 cm³/mol. The Labute approximate surface area is 347 Å². The summed E-state index contributed by atoms with van der Waals surface area (Å²) in [6.45, 7) is 0. The predicted octanol–water partition coefficient (Wildman–Crippen LogP) is 16.7. The number of para-hydroxylation sites is 2. The Hall–Kier alpha value is -7.94. The number of anilines is 3. The Bertz CT molecular complexity index is 3610. The van der Waals surface area contributed by atoms with Crippen LogP contribution in [0.15, 0.2) is 229 Å². The molecule has 12 aromatic rings. The van der Waals surface area contributed by atoms with Crippen LogP contribution in [0, 0.1) is 0 Å². The molecule has 0 unspecified atom stereocenters. The van der Waals surface area contributed by atoms with Crippen molar-refractivity contribution in [3.63, 3.8) is 0 Å². The zero-order valence-corrected chi connectivity index (χ0v) is 32.7. The summed E-state index contributed by atoms with van der Waals surface area (Å²) in [7, 11) is 0. The molecule has 1 aromatic heterocycles. The van der Waals surface area contributed by atoms with Crippen LogP contribution in [0.2, 0.25) is 0 Å². The number of fused-ring (bicyclic) bond motifs is 9. The van der Waals surface area contributed by atoms with Gasteiger partial charge in [0.2, 0.25) is 0 Å². The quantitative estimate of drug-likeness (QED) is 0.157. The van der Waals surface area contributed by atoms with E-state index in [1.54, 1.807) is 0 Å². The SMILES string of the molecule is c1cc(-c2ccc3c(ccc4ccccc43)c2)cc(N(c2ccccc2-c2ccc(-c3ccc4c(ccc5ccccc54)c3)cc2)c2cccc3oc4ccccc4c23)c1. The summed E-state index contributed by atoms with van der Waals surface area (Å²) in [4.78, 5) is 2.42. The third-order valence-electron chi connectivity index (χ3n) is 12.2. The molecule has 280 valence electrons. The van der Waals surface area contributed by atoms with Crippen LogP contribution in [0.3, 0.4) is 0 Å². The van der Waals surface area contributed by atoms with Crippen molar-refractivity contribution in [2.45, 2.75) is 0 Å². The molecule has 2 nitrogen and oxygen atoms in total. The summed E-state index contributed by atoms with van der Waals surface area (Å²) >= 11 is 0. The average Bonchev–Trinajstić information content (AvgIpc) is 3.71. The van der Waals surface area contributed by atoms with Crippen LogP contribution < -0.4 is 4.90 Å². The molecule has 0 saturated carbocycles. The summed E-state index contributed by atoms with van der Waals surface area (Å²) in [5, 5.41) is 12.3. The van der Waals surface area contributed by atoms with E-state index in [1.807, 2.05) is 6.07 Å². The van der Waals surface area contributed by atoms with E-state index in [1.165, 1.54) is 59.8 Å². The minimum absolute atomic E-state index is 0.863. The van der Waals surface area contributed by atoms with Gasteiger partial charge in [-0.3, -0.25) is 0 Å². The Morgan fingerprint density at radius 3 is 1.52 bits per heavy atom. The lowest BCUT2D eigenvalue weighted by Crippen LogP contribution is -2.11. The molecule has 11 aromatic carbocycles. The number of nitrogens with zero attached hydrogens (tertiary/aromatic N) is 1. The van der Waals surface area contributed by atoms with Crippen molar-refractivity contribution < 1.29 is 4.42 Å². The van der Waals surface area contributed by atoms with E-state index < -0.39 is 0 Å². The fraction of sp³-hybridized carbons (Fsp3) is 0. The minimum atomic E-state index is 0.863. The van der Waals surface area contributed by atoms with Crippen molar-refractivity contribution >= 4 is 82.1 Å². The van der Waals surface area contributed by atoms with Gasteiger partial charge >= 0.3 is 0 Å². The summed E-state index contributed by atoms with van der Waals surface area (Å²) in [5.74, 6) is 0. The molecule has 0 saturated heterocycles. The second kappa shape index (κ2) is 13.9. The van der Waals surface area contributed by atoms with Gasteiger partial charge in [0.15, 0.2) is 0 Å². The number of rotatable bonds is 6. The number of hydrogen-bond acceptors (Lipinski definition) is 2. The van der Waals surface area contributed by atoms with E-state index in [2.05, 4.69) is 223 Å². The molecular weight excluding hydrogens is 727 g/mol. The average molecular weight is 764 g/mol. The van der Waals surface area contributed by atoms with Crippen molar-refractivity contribution in [3.05, 3.63) is 224 Å². The van der Waals surface area contributed by atoms with Crippen molar-refractivity contribution in [1.29, 1.82) is 0 Å². The van der Waals surface area contributed by atoms with E-state index in [0.29, 0.717) is 0 Å². The molecule has 0 aliphatic rings. The highest BCUT2D eigenvalue weighted by atomic mass is 16.3. The molecule has 12 rings (SSSR count). The number of hydrogen-bond donors (Lipinski definition) is 0. The maximum atomic E-state index is 6.47. The molecule has 0 spiro atoms. The van der Waals surface area contributed by atoms with Crippen LogP contribution in [0.5, 0.6) is 0 Å².